The van der Waals surface area contributed by atoms with Crippen LogP contribution in [0.4, 0.5) is 11.5 Å². The van der Waals surface area contributed by atoms with Crippen molar-refractivity contribution in [2.75, 3.05) is 5.32 Å². The van der Waals surface area contributed by atoms with Gasteiger partial charge in [0.1, 0.15) is 5.82 Å². The summed E-state index contributed by atoms with van der Waals surface area (Å²) in [4.78, 5) is 18.7. The van der Waals surface area contributed by atoms with E-state index in [0.29, 0.717) is 34.5 Å². The molecule has 0 atom stereocenters. The Hall–Kier alpha value is -2.42. The van der Waals surface area contributed by atoms with Crippen molar-refractivity contribution < 1.29 is 4.79 Å². The molecule has 0 spiro atoms. The Morgan fingerprint density at radius 1 is 1.61 bits per heavy atom. The van der Waals surface area contributed by atoms with Gasteiger partial charge in [-0.15, -0.1) is 0 Å². The average Bonchev–Trinajstić information content (AvgIpc) is 3.08. The van der Waals surface area contributed by atoms with E-state index in [4.69, 9.17) is 6.57 Å². The molecule has 2 aromatic rings. The molecule has 1 saturated carbocycles. The van der Waals surface area contributed by atoms with Crippen molar-refractivity contribution in [1.29, 1.82) is 0 Å². The van der Waals surface area contributed by atoms with Crippen molar-refractivity contribution in [3.63, 3.8) is 0 Å². The molecule has 0 aliphatic heterocycles. The lowest BCUT2D eigenvalue weighted by Crippen LogP contribution is -2.09. The normalized spacial score (nSPS) is 14.4. The number of fused-ring (bicyclic) bond motifs is 1. The van der Waals surface area contributed by atoms with Gasteiger partial charge in [-0.2, -0.15) is 5.10 Å². The van der Waals surface area contributed by atoms with E-state index in [1.807, 2.05) is 0 Å². The van der Waals surface area contributed by atoms with Gasteiger partial charge in [0.25, 0.3) is 0 Å². The fourth-order valence-corrected chi connectivity index (χ4v) is 1.88. The summed E-state index contributed by atoms with van der Waals surface area (Å²) >= 11 is 0. The van der Waals surface area contributed by atoms with Crippen molar-refractivity contribution in [2.45, 2.75) is 25.8 Å². The van der Waals surface area contributed by atoms with E-state index in [2.05, 4.69) is 20.2 Å². The third-order valence-corrected chi connectivity index (χ3v) is 2.98. The van der Waals surface area contributed by atoms with Crippen LogP contribution in [0.25, 0.3) is 10.5 Å². The second-order valence-corrected chi connectivity index (χ2v) is 4.38. The van der Waals surface area contributed by atoms with Gasteiger partial charge in [0.05, 0.1) is 24.0 Å². The predicted molar refractivity (Wildman–Crippen MR) is 66.0 cm³/mol. The van der Waals surface area contributed by atoms with E-state index in [1.54, 1.807) is 11.4 Å². The SMILES string of the molecule is [C-]#[N+]c1c(C)nc2c(C=O)cnn2c1NC1CC1. The highest BCUT2D eigenvalue weighted by molar-refractivity contribution is 5.86. The number of aromatic nitrogens is 3. The molecular formula is C12H11N5O. The summed E-state index contributed by atoms with van der Waals surface area (Å²) in [5.74, 6) is 0.642. The molecule has 90 valence electrons. The first-order chi connectivity index (χ1) is 8.74. The number of nitrogens with one attached hydrogen (secondary N) is 1. The highest BCUT2D eigenvalue weighted by Crippen LogP contribution is 2.33. The highest BCUT2D eigenvalue weighted by Gasteiger charge is 2.25. The molecule has 18 heavy (non-hydrogen) atoms. The second-order valence-electron chi connectivity index (χ2n) is 4.38. The van der Waals surface area contributed by atoms with E-state index < -0.39 is 0 Å². The zero-order valence-electron chi connectivity index (χ0n) is 9.84. The Morgan fingerprint density at radius 2 is 2.39 bits per heavy atom. The summed E-state index contributed by atoms with van der Waals surface area (Å²) in [7, 11) is 0. The van der Waals surface area contributed by atoms with E-state index >= 15 is 0 Å². The van der Waals surface area contributed by atoms with Gasteiger partial charge in [0, 0.05) is 6.04 Å². The van der Waals surface area contributed by atoms with Gasteiger partial charge in [0.15, 0.2) is 11.9 Å². The summed E-state index contributed by atoms with van der Waals surface area (Å²) < 4.78 is 1.54. The van der Waals surface area contributed by atoms with Crippen LogP contribution in [0.3, 0.4) is 0 Å². The lowest BCUT2D eigenvalue weighted by Gasteiger charge is -2.11. The maximum atomic E-state index is 10.9. The topological polar surface area (TPSA) is 63.7 Å². The number of carbonyl (C=O) groups is 1. The van der Waals surface area contributed by atoms with E-state index in [9.17, 15) is 4.79 Å². The lowest BCUT2D eigenvalue weighted by molar-refractivity contribution is 0.112. The molecule has 0 amide bonds. The smallest absolute Gasteiger partial charge is 0.248 e. The fraction of sp³-hybridized carbons (Fsp3) is 0.333. The number of aryl methyl sites for hydroxylation is 1. The Labute approximate surface area is 103 Å². The van der Waals surface area contributed by atoms with Gasteiger partial charge in [-0.1, -0.05) is 0 Å². The molecule has 1 aliphatic carbocycles. The predicted octanol–water partition coefficient (Wildman–Crippen LogP) is 1.98. The molecule has 6 heteroatoms. The third kappa shape index (κ3) is 1.52. The number of aldehydes is 1. The molecule has 0 radical (unpaired) electrons. The highest BCUT2D eigenvalue weighted by atomic mass is 16.1. The van der Waals surface area contributed by atoms with Crippen LogP contribution in [0.1, 0.15) is 28.9 Å². The molecule has 0 saturated heterocycles. The van der Waals surface area contributed by atoms with Crippen molar-refractivity contribution >= 4 is 23.4 Å². The van der Waals surface area contributed by atoms with Crippen LogP contribution in [-0.2, 0) is 0 Å². The summed E-state index contributed by atoms with van der Waals surface area (Å²) in [5.41, 5.74) is 2.02. The number of hydrogen-bond donors (Lipinski definition) is 1. The van der Waals surface area contributed by atoms with Gasteiger partial charge in [-0.25, -0.2) is 14.3 Å². The summed E-state index contributed by atoms with van der Waals surface area (Å²) in [5, 5.41) is 7.42. The average molecular weight is 241 g/mol. The van der Waals surface area contributed by atoms with Crippen LogP contribution in [0.2, 0.25) is 0 Å². The van der Waals surface area contributed by atoms with E-state index in [-0.39, 0.29) is 0 Å². The first-order valence-corrected chi connectivity index (χ1v) is 5.72. The quantitative estimate of drug-likeness (QED) is 0.659. The summed E-state index contributed by atoms with van der Waals surface area (Å²) in [6, 6.07) is 0.402. The minimum atomic E-state index is 0.402. The van der Waals surface area contributed by atoms with E-state index in [1.165, 1.54) is 6.20 Å². The number of carbonyl (C=O) groups excluding carboxylic acids is 1. The first kappa shape index (κ1) is 10.7. The van der Waals surface area contributed by atoms with Crippen molar-refractivity contribution in [3.05, 3.63) is 28.9 Å². The molecule has 1 N–H and O–H groups in total. The monoisotopic (exact) mass is 241 g/mol. The van der Waals surface area contributed by atoms with Crippen LogP contribution in [0, 0.1) is 13.5 Å². The molecule has 1 fully saturated rings. The van der Waals surface area contributed by atoms with E-state index in [0.717, 1.165) is 19.1 Å². The Bertz CT molecular complexity index is 678. The summed E-state index contributed by atoms with van der Waals surface area (Å²) in [6.07, 6.45) is 4.40. The van der Waals surface area contributed by atoms with Gasteiger partial charge >= 0.3 is 0 Å². The van der Waals surface area contributed by atoms with Crippen molar-refractivity contribution in [2.24, 2.45) is 0 Å². The van der Waals surface area contributed by atoms with Crippen molar-refractivity contribution in [1.82, 2.24) is 14.6 Å². The number of hydrogen-bond acceptors (Lipinski definition) is 4. The molecule has 0 unspecified atom stereocenters. The van der Waals surface area contributed by atoms with Crippen LogP contribution < -0.4 is 5.32 Å². The molecule has 2 aromatic heterocycles. The molecule has 1 aliphatic rings. The zero-order valence-corrected chi connectivity index (χ0v) is 9.84. The minimum absolute atomic E-state index is 0.402. The van der Waals surface area contributed by atoms with Crippen LogP contribution in [-0.4, -0.2) is 26.9 Å². The van der Waals surface area contributed by atoms with Gasteiger partial charge in [0.2, 0.25) is 5.69 Å². The van der Waals surface area contributed by atoms with Gasteiger partial charge < -0.3 is 5.32 Å². The molecule has 2 heterocycles. The molecule has 0 aromatic carbocycles. The standard InChI is InChI=1S/C12H11N5O/c1-7-10(13-2)12(16-9-3-4-9)17-11(15-7)8(6-18)5-14-17/h5-6,9,16H,3-4H2,1H3. The summed E-state index contributed by atoms with van der Waals surface area (Å²) in [6.45, 7) is 9.02. The second kappa shape index (κ2) is 3.81. The fourth-order valence-electron chi connectivity index (χ4n) is 1.88. The van der Waals surface area contributed by atoms with Crippen LogP contribution in [0.5, 0.6) is 0 Å². The Balaban J connectivity index is 2.29. The molecule has 0 bridgehead atoms. The van der Waals surface area contributed by atoms with Gasteiger partial charge in [-0.3, -0.25) is 4.79 Å². The minimum Gasteiger partial charge on any atom is -0.376 e. The Kier molecular flexibility index (Phi) is 2.27. The maximum absolute atomic E-state index is 10.9. The molecular weight excluding hydrogens is 230 g/mol. The number of anilines is 1. The third-order valence-electron chi connectivity index (χ3n) is 2.98. The largest absolute Gasteiger partial charge is 0.376 e. The Morgan fingerprint density at radius 3 is 3.00 bits per heavy atom. The van der Waals surface area contributed by atoms with Crippen LogP contribution in [0.15, 0.2) is 6.20 Å². The van der Waals surface area contributed by atoms with Crippen LogP contribution >= 0.6 is 0 Å². The van der Waals surface area contributed by atoms with Gasteiger partial charge in [-0.05, 0) is 19.8 Å². The first-order valence-electron chi connectivity index (χ1n) is 5.72. The lowest BCUT2D eigenvalue weighted by atomic mass is 10.3. The number of rotatable bonds is 3. The zero-order chi connectivity index (χ0) is 12.7. The maximum Gasteiger partial charge on any atom is 0.248 e. The molecule has 3 rings (SSSR count). The number of nitrogens with zero attached hydrogens (tertiary/aromatic N) is 4. The van der Waals surface area contributed by atoms with Crippen molar-refractivity contribution in [3.8, 4) is 0 Å². The molecule has 6 nitrogen and oxygen atoms in total.